The van der Waals surface area contributed by atoms with Crippen molar-refractivity contribution >= 4 is 39.6 Å². The van der Waals surface area contributed by atoms with Crippen molar-refractivity contribution in [1.29, 1.82) is 0 Å². The standard InChI is InChI=1S/C24H21ClN6O/c1-14(2)28-24(32)18-11-26-23-22(18)29-19(12-27-23)21-17-9-8-16(25)10-20(17)31(30-21)13-15-6-4-3-5-7-15/h3-12,14H,13H2,1-2H3,(H,26,27)(H,28,32). The molecule has 5 rings (SSSR count). The minimum atomic E-state index is -0.191. The van der Waals surface area contributed by atoms with Crippen LogP contribution in [0.5, 0.6) is 0 Å². The van der Waals surface area contributed by atoms with Gasteiger partial charge in [0.15, 0.2) is 5.65 Å². The third-order valence-electron chi connectivity index (χ3n) is 5.18. The van der Waals surface area contributed by atoms with E-state index in [4.69, 9.17) is 21.7 Å². The lowest BCUT2D eigenvalue weighted by molar-refractivity contribution is 0.0944. The molecule has 0 aliphatic carbocycles. The molecule has 0 spiro atoms. The molecule has 2 N–H and O–H groups in total. The molecule has 0 bridgehead atoms. The number of rotatable bonds is 5. The number of hydrogen-bond acceptors (Lipinski definition) is 4. The Bertz CT molecular complexity index is 1440. The van der Waals surface area contributed by atoms with Crippen LogP contribution in [0.1, 0.15) is 29.8 Å². The summed E-state index contributed by atoms with van der Waals surface area (Å²) in [4.78, 5) is 24.9. The Hall–Kier alpha value is -3.71. The Morgan fingerprint density at radius 3 is 2.78 bits per heavy atom. The van der Waals surface area contributed by atoms with E-state index in [0.29, 0.717) is 39.7 Å². The zero-order valence-corrected chi connectivity index (χ0v) is 18.4. The van der Waals surface area contributed by atoms with Crippen LogP contribution in [0.25, 0.3) is 33.5 Å². The van der Waals surface area contributed by atoms with Gasteiger partial charge in [-0.25, -0.2) is 9.97 Å². The third kappa shape index (κ3) is 3.71. The van der Waals surface area contributed by atoms with Crippen molar-refractivity contribution in [3.63, 3.8) is 0 Å². The lowest BCUT2D eigenvalue weighted by Gasteiger charge is -2.07. The second kappa shape index (κ2) is 8.09. The molecule has 0 unspecified atom stereocenters. The van der Waals surface area contributed by atoms with Gasteiger partial charge in [-0.05, 0) is 37.6 Å². The van der Waals surface area contributed by atoms with Crippen molar-refractivity contribution in [3.8, 4) is 11.4 Å². The fourth-order valence-electron chi connectivity index (χ4n) is 3.73. The van der Waals surface area contributed by atoms with Gasteiger partial charge in [-0.1, -0.05) is 41.9 Å². The number of aromatic nitrogens is 5. The molecule has 0 aliphatic rings. The van der Waals surface area contributed by atoms with Crippen LogP contribution < -0.4 is 5.32 Å². The molecule has 32 heavy (non-hydrogen) atoms. The summed E-state index contributed by atoms with van der Waals surface area (Å²) in [6.07, 6.45) is 3.31. The Morgan fingerprint density at radius 1 is 1.19 bits per heavy atom. The quantitative estimate of drug-likeness (QED) is 0.407. The average molecular weight is 445 g/mol. The Balaban J connectivity index is 1.63. The van der Waals surface area contributed by atoms with Crippen LogP contribution in [0.3, 0.4) is 0 Å². The molecular formula is C24H21ClN6O. The maximum Gasteiger partial charge on any atom is 0.255 e. The monoisotopic (exact) mass is 444 g/mol. The van der Waals surface area contributed by atoms with E-state index in [1.54, 1.807) is 12.4 Å². The summed E-state index contributed by atoms with van der Waals surface area (Å²) in [6.45, 7) is 4.43. The molecule has 0 aliphatic heterocycles. The van der Waals surface area contributed by atoms with Crippen LogP contribution in [-0.4, -0.2) is 36.7 Å². The van der Waals surface area contributed by atoms with Gasteiger partial charge in [0, 0.05) is 22.6 Å². The molecule has 1 amide bonds. The molecule has 0 radical (unpaired) electrons. The van der Waals surface area contributed by atoms with E-state index in [-0.39, 0.29) is 11.9 Å². The Morgan fingerprint density at radius 2 is 2.00 bits per heavy atom. The number of benzene rings is 2. The van der Waals surface area contributed by atoms with E-state index in [0.717, 1.165) is 16.5 Å². The normalized spacial score (nSPS) is 11.5. The first-order valence-electron chi connectivity index (χ1n) is 10.3. The van der Waals surface area contributed by atoms with Crippen molar-refractivity contribution in [2.45, 2.75) is 26.4 Å². The van der Waals surface area contributed by atoms with Crippen LogP contribution in [-0.2, 0) is 6.54 Å². The highest BCUT2D eigenvalue weighted by molar-refractivity contribution is 6.31. The maximum absolute atomic E-state index is 12.6. The molecule has 0 saturated carbocycles. The number of amides is 1. The topological polar surface area (TPSA) is 88.5 Å². The Labute approximate surface area is 189 Å². The van der Waals surface area contributed by atoms with Gasteiger partial charge in [-0.15, -0.1) is 0 Å². The molecule has 8 heteroatoms. The van der Waals surface area contributed by atoms with E-state index < -0.39 is 0 Å². The highest BCUT2D eigenvalue weighted by atomic mass is 35.5. The molecular weight excluding hydrogens is 424 g/mol. The highest BCUT2D eigenvalue weighted by Crippen LogP contribution is 2.30. The molecule has 0 fully saturated rings. The lowest BCUT2D eigenvalue weighted by atomic mass is 10.1. The predicted molar refractivity (Wildman–Crippen MR) is 126 cm³/mol. The minimum absolute atomic E-state index is 0.0194. The van der Waals surface area contributed by atoms with Crippen LogP contribution in [0, 0.1) is 0 Å². The maximum atomic E-state index is 12.6. The second-order valence-electron chi connectivity index (χ2n) is 7.94. The third-order valence-corrected chi connectivity index (χ3v) is 5.41. The van der Waals surface area contributed by atoms with Crippen molar-refractivity contribution in [2.24, 2.45) is 0 Å². The molecule has 3 aromatic heterocycles. The fraction of sp³-hybridized carbons (Fsp3) is 0.167. The van der Waals surface area contributed by atoms with E-state index in [1.165, 1.54) is 0 Å². The van der Waals surface area contributed by atoms with Gasteiger partial charge in [0.25, 0.3) is 5.91 Å². The van der Waals surface area contributed by atoms with Crippen LogP contribution in [0.2, 0.25) is 5.02 Å². The zero-order chi connectivity index (χ0) is 22.2. The molecule has 2 aromatic carbocycles. The summed E-state index contributed by atoms with van der Waals surface area (Å²) < 4.78 is 1.92. The van der Waals surface area contributed by atoms with Crippen LogP contribution >= 0.6 is 11.6 Å². The van der Waals surface area contributed by atoms with E-state index in [9.17, 15) is 4.79 Å². The minimum Gasteiger partial charge on any atom is -0.350 e. The van der Waals surface area contributed by atoms with Crippen molar-refractivity contribution in [1.82, 2.24) is 30.0 Å². The average Bonchev–Trinajstić information content (AvgIpc) is 3.35. The van der Waals surface area contributed by atoms with Crippen molar-refractivity contribution < 1.29 is 4.79 Å². The van der Waals surface area contributed by atoms with Crippen molar-refractivity contribution in [2.75, 3.05) is 0 Å². The number of aromatic amines is 1. The molecule has 7 nitrogen and oxygen atoms in total. The van der Waals surface area contributed by atoms with Gasteiger partial charge < -0.3 is 10.3 Å². The molecule has 0 atom stereocenters. The Kier molecular flexibility index (Phi) is 5.11. The van der Waals surface area contributed by atoms with Gasteiger partial charge in [-0.3, -0.25) is 9.48 Å². The summed E-state index contributed by atoms with van der Waals surface area (Å²) in [7, 11) is 0. The van der Waals surface area contributed by atoms with Gasteiger partial charge in [-0.2, -0.15) is 5.10 Å². The number of carbonyl (C=O) groups excluding carboxylic acids is 1. The van der Waals surface area contributed by atoms with E-state index in [2.05, 4.69) is 27.4 Å². The summed E-state index contributed by atoms with van der Waals surface area (Å²) in [5, 5.41) is 9.31. The van der Waals surface area contributed by atoms with Crippen LogP contribution in [0.15, 0.2) is 60.9 Å². The number of halogens is 1. The lowest BCUT2D eigenvalue weighted by Crippen LogP contribution is -2.29. The first kappa shape index (κ1) is 20.2. The fourth-order valence-corrected chi connectivity index (χ4v) is 3.90. The number of carbonyl (C=O) groups is 1. The smallest absolute Gasteiger partial charge is 0.255 e. The summed E-state index contributed by atoms with van der Waals surface area (Å²) in [6, 6.07) is 15.8. The van der Waals surface area contributed by atoms with E-state index >= 15 is 0 Å². The summed E-state index contributed by atoms with van der Waals surface area (Å²) in [5.41, 5.74) is 4.85. The number of hydrogen-bond donors (Lipinski definition) is 2. The molecule has 5 aromatic rings. The first-order chi connectivity index (χ1) is 15.5. The van der Waals surface area contributed by atoms with Gasteiger partial charge >= 0.3 is 0 Å². The number of fused-ring (bicyclic) bond motifs is 2. The van der Waals surface area contributed by atoms with Gasteiger partial charge in [0.1, 0.15) is 16.9 Å². The van der Waals surface area contributed by atoms with Gasteiger partial charge in [0.05, 0.1) is 23.8 Å². The van der Waals surface area contributed by atoms with E-state index in [1.807, 2.05) is 54.9 Å². The predicted octanol–water partition coefficient (Wildman–Crippen LogP) is 4.81. The number of nitrogens with one attached hydrogen (secondary N) is 2. The summed E-state index contributed by atoms with van der Waals surface area (Å²) >= 11 is 6.29. The highest BCUT2D eigenvalue weighted by Gasteiger charge is 2.19. The zero-order valence-electron chi connectivity index (χ0n) is 17.6. The first-order valence-corrected chi connectivity index (χ1v) is 10.7. The number of nitrogens with zero attached hydrogens (tertiary/aromatic N) is 4. The summed E-state index contributed by atoms with van der Waals surface area (Å²) in [5.74, 6) is -0.191. The molecule has 160 valence electrons. The molecule has 3 heterocycles. The largest absolute Gasteiger partial charge is 0.350 e. The van der Waals surface area contributed by atoms with Crippen LogP contribution in [0.4, 0.5) is 0 Å². The molecule has 0 saturated heterocycles. The van der Waals surface area contributed by atoms with Gasteiger partial charge in [0.2, 0.25) is 0 Å². The SMILES string of the molecule is CC(C)NC(=O)c1c[nH]c2ncc(-c3nn(Cc4ccccc4)c4cc(Cl)ccc34)nc12. The number of H-pyrrole nitrogens is 1. The van der Waals surface area contributed by atoms with Crippen molar-refractivity contribution in [3.05, 3.63) is 77.1 Å². The second-order valence-corrected chi connectivity index (χ2v) is 8.37.